The van der Waals surface area contributed by atoms with Crippen LogP contribution in [-0.4, -0.2) is 12.1 Å². The van der Waals surface area contributed by atoms with Crippen molar-refractivity contribution < 1.29 is 13.6 Å². The molecule has 0 aliphatic rings. The molecule has 2 rings (SSSR count). The first-order chi connectivity index (χ1) is 10.1. The third kappa shape index (κ3) is 3.95. The zero-order valence-electron chi connectivity index (χ0n) is 11.4. The SMILES string of the molecule is CCc1ccc(C(=O)N/N=C\c2ccc(F)c(F)c2)cc1. The van der Waals surface area contributed by atoms with Crippen LogP contribution < -0.4 is 5.43 Å². The lowest BCUT2D eigenvalue weighted by Crippen LogP contribution is -2.17. The Hall–Kier alpha value is -2.56. The molecule has 0 unspecified atom stereocenters. The highest BCUT2D eigenvalue weighted by atomic mass is 19.2. The van der Waals surface area contributed by atoms with E-state index in [1.807, 2.05) is 19.1 Å². The zero-order valence-corrected chi connectivity index (χ0v) is 11.4. The molecule has 0 saturated heterocycles. The fraction of sp³-hybridized carbons (Fsp3) is 0.125. The van der Waals surface area contributed by atoms with Gasteiger partial charge in [-0.15, -0.1) is 0 Å². The first-order valence-electron chi connectivity index (χ1n) is 6.47. The van der Waals surface area contributed by atoms with Gasteiger partial charge in [-0.05, 0) is 41.8 Å². The summed E-state index contributed by atoms with van der Waals surface area (Å²) in [5.74, 6) is -2.25. The summed E-state index contributed by atoms with van der Waals surface area (Å²) in [6, 6.07) is 10.5. The van der Waals surface area contributed by atoms with Crippen LogP contribution in [0.15, 0.2) is 47.6 Å². The normalized spacial score (nSPS) is 10.8. The Morgan fingerprint density at radius 1 is 1.14 bits per heavy atom. The van der Waals surface area contributed by atoms with Gasteiger partial charge in [-0.1, -0.05) is 25.1 Å². The summed E-state index contributed by atoms with van der Waals surface area (Å²) in [7, 11) is 0. The van der Waals surface area contributed by atoms with Crippen LogP contribution in [-0.2, 0) is 6.42 Å². The maximum atomic E-state index is 13.0. The predicted molar refractivity (Wildman–Crippen MR) is 77.2 cm³/mol. The number of amides is 1. The maximum absolute atomic E-state index is 13.0. The summed E-state index contributed by atoms with van der Waals surface area (Å²) in [6.07, 6.45) is 2.15. The van der Waals surface area contributed by atoms with Crippen LogP contribution in [0.2, 0.25) is 0 Å². The van der Waals surface area contributed by atoms with Crippen LogP contribution in [0, 0.1) is 11.6 Å². The van der Waals surface area contributed by atoms with Crippen LogP contribution in [0.3, 0.4) is 0 Å². The number of aryl methyl sites for hydroxylation is 1. The van der Waals surface area contributed by atoms with E-state index in [1.165, 1.54) is 12.3 Å². The van der Waals surface area contributed by atoms with Crippen molar-refractivity contribution in [1.29, 1.82) is 0 Å². The summed E-state index contributed by atoms with van der Waals surface area (Å²) in [4.78, 5) is 11.8. The monoisotopic (exact) mass is 288 g/mol. The van der Waals surface area contributed by atoms with E-state index in [1.54, 1.807) is 12.1 Å². The smallest absolute Gasteiger partial charge is 0.267 e. The van der Waals surface area contributed by atoms with E-state index >= 15 is 0 Å². The number of hydrazone groups is 1. The van der Waals surface area contributed by atoms with E-state index in [0.29, 0.717) is 11.1 Å². The van der Waals surface area contributed by atoms with E-state index in [0.717, 1.165) is 24.1 Å². The lowest BCUT2D eigenvalue weighted by atomic mass is 10.1. The van der Waals surface area contributed by atoms with Crippen molar-refractivity contribution in [1.82, 2.24) is 5.43 Å². The number of benzene rings is 2. The number of nitrogens with one attached hydrogen (secondary N) is 1. The van der Waals surface area contributed by atoms with Crippen molar-refractivity contribution in [3.8, 4) is 0 Å². The Bertz CT molecular complexity index is 666. The molecular weight excluding hydrogens is 274 g/mol. The minimum absolute atomic E-state index is 0.357. The quantitative estimate of drug-likeness (QED) is 0.680. The van der Waals surface area contributed by atoms with E-state index < -0.39 is 11.6 Å². The van der Waals surface area contributed by atoms with Gasteiger partial charge in [0, 0.05) is 5.56 Å². The van der Waals surface area contributed by atoms with Crippen LogP contribution in [0.4, 0.5) is 8.78 Å². The molecule has 0 aliphatic heterocycles. The van der Waals surface area contributed by atoms with E-state index in [-0.39, 0.29) is 5.91 Å². The van der Waals surface area contributed by atoms with E-state index in [9.17, 15) is 13.6 Å². The van der Waals surface area contributed by atoms with Gasteiger partial charge in [-0.2, -0.15) is 5.10 Å². The second-order valence-corrected chi connectivity index (χ2v) is 4.42. The number of halogens is 2. The van der Waals surface area contributed by atoms with Crippen molar-refractivity contribution in [2.24, 2.45) is 5.10 Å². The van der Waals surface area contributed by atoms with Crippen molar-refractivity contribution in [2.45, 2.75) is 13.3 Å². The molecule has 2 aromatic carbocycles. The van der Waals surface area contributed by atoms with Gasteiger partial charge >= 0.3 is 0 Å². The molecule has 1 N–H and O–H groups in total. The van der Waals surface area contributed by atoms with Gasteiger partial charge in [0.1, 0.15) is 0 Å². The van der Waals surface area contributed by atoms with Crippen molar-refractivity contribution in [3.05, 3.63) is 70.8 Å². The fourth-order valence-electron chi connectivity index (χ4n) is 1.71. The molecule has 21 heavy (non-hydrogen) atoms. The lowest BCUT2D eigenvalue weighted by molar-refractivity contribution is 0.0955. The average Bonchev–Trinajstić information content (AvgIpc) is 2.51. The summed E-state index contributed by atoms with van der Waals surface area (Å²) in [5.41, 5.74) is 4.31. The second-order valence-electron chi connectivity index (χ2n) is 4.42. The first-order valence-corrected chi connectivity index (χ1v) is 6.47. The van der Waals surface area contributed by atoms with Gasteiger partial charge in [-0.3, -0.25) is 4.79 Å². The molecule has 0 fully saturated rings. The lowest BCUT2D eigenvalue weighted by Gasteiger charge is -2.01. The Labute approximate surface area is 121 Å². The predicted octanol–water partition coefficient (Wildman–Crippen LogP) is 3.29. The van der Waals surface area contributed by atoms with Crippen molar-refractivity contribution in [2.75, 3.05) is 0 Å². The molecule has 0 spiro atoms. The molecule has 5 heteroatoms. The van der Waals surface area contributed by atoms with Gasteiger partial charge < -0.3 is 0 Å². The zero-order chi connectivity index (χ0) is 15.2. The summed E-state index contributed by atoms with van der Waals surface area (Å²) >= 11 is 0. The van der Waals surface area contributed by atoms with Crippen LogP contribution in [0.5, 0.6) is 0 Å². The number of rotatable bonds is 4. The van der Waals surface area contributed by atoms with Gasteiger partial charge in [0.15, 0.2) is 11.6 Å². The molecule has 0 aromatic heterocycles. The maximum Gasteiger partial charge on any atom is 0.271 e. The Balaban J connectivity index is 1.99. The largest absolute Gasteiger partial charge is 0.271 e. The summed E-state index contributed by atoms with van der Waals surface area (Å²) in [5, 5.41) is 3.72. The Kier molecular flexibility index (Phi) is 4.77. The summed E-state index contributed by atoms with van der Waals surface area (Å²) < 4.78 is 25.7. The van der Waals surface area contributed by atoms with Gasteiger partial charge in [0.05, 0.1) is 6.21 Å². The number of hydrogen-bond donors (Lipinski definition) is 1. The fourth-order valence-corrected chi connectivity index (χ4v) is 1.71. The van der Waals surface area contributed by atoms with Crippen molar-refractivity contribution in [3.63, 3.8) is 0 Å². The molecule has 0 heterocycles. The average molecular weight is 288 g/mol. The van der Waals surface area contributed by atoms with Crippen molar-refractivity contribution >= 4 is 12.1 Å². The van der Waals surface area contributed by atoms with Gasteiger partial charge in [0.2, 0.25) is 0 Å². The molecule has 0 aliphatic carbocycles. The highest BCUT2D eigenvalue weighted by molar-refractivity contribution is 5.94. The number of nitrogens with zero attached hydrogens (tertiary/aromatic N) is 1. The number of carbonyl (C=O) groups excluding carboxylic acids is 1. The standard InChI is InChI=1S/C16H14F2N2O/c1-2-11-3-6-13(7-4-11)16(21)20-19-10-12-5-8-14(17)15(18)9-12/h3-10H,2H2,1H3,(H,20,21)/b19-10-. The summed E-state index contributed by atoms with van der Waals surface area (Å²) in [6.45, 7) is 2.03. The Morgan fingerprint density at radius 2 is 1.86 bits per heavy atom. The highest BCUT2D eigenvalue weighted by Gasteiger charge is 2.04. The van der Waals surface area contributed by atoms with E-state index in [4.69, 9.17) is 0 Å². The van der Waals surface area contributed by atoms with Crippen LogP contribution >= 0.6 is 0 Å². The molecule has 108 valence electrons. The Morgan fingerprint density at radius 3 is 2.48 bits per heavy atom. The number of hydrogen-bond acceptors (Lipinski definition) is 2. The van der Waals surface area contributed by atoms with E-state index in [2.05, 4.69) is 10.5 Å². The third-order valence-corrected chi connectivity index (χ3v) is 2.95. The molecule has 0 atom stereocenters. The topological polar surface area (TPSA) is 41.5 Å². The highest BCUT2D eigenvalue weighted by Crippen LogP contribution is 2.07. The van der Waals surface area contributed by atoms with Crippen LogP contribution in [0.1, 0.15) is 28.4 Å². The van der Waals surface area contributed by atoms with Gasteiger partial charge in [0.25, 0.3) is 5.91 Å². The molecule has 3 nitrogen and oxygen atoms in total. The minimum Gasteiger partial charge on any atom is -0.267 e. The second kappa shape index (κ2) is 6.74. The molecule has 0 bridgehead atoms. The molecule has 2 aromatic rings. The minimum atomic E-state index is -0.958. The molecular formula is C16H14F2N2O. The third-order valence-electron chi connectivity index (χ3n) is 2.95. The van der Waals surface area contributed by atoms with Gasteiger partial charge in [-0.25, -0.2) is 14.2 Å². The first kappa shape index (κ1) is 14.8. The molecule has 0 radical (unpaired) electrons. The molecule has 0 saturated carbocycles. The molecule has 1 amide bonds. The van der Waals surface area contributed by atoms with Crippen LogP contribution in [0.25, 0.3) is 0 Å². The number of carbonyl (C=O) groups is 1.